The number of benzene rings is 1. The minimum absolute atomic E-state index is 0.0733. The first kappa shape index (κ1) is 18.6. The Bertz CT molecular complexity index is 556. The highest BCUT2D eigenvalue weighted by Gasteiger charge is 2.29. The number of rotatable bonds is 8. The molecule has 0 aliphatic carbocycles. The molecule has 1 rings (SSSR count). The van der Waals surface area contributed by atoms with E-state index in [0.29, 0.717) is 18.7 Å². The quantitative estimate of drug-likeness (QED) is 0.317. The molecule has 23 heavy (non-hydrogen) atoms. The van der Waals surface area contributed by atoms with Crippen LogP contribution in [0.4, 0.5) is 11.4 Å². The molecule has 0 heterocycles. The molecule has 0 saturated heterocycles. The zero-order valence-corrected chi connectivity index (χ0v) is 13.7. The van der Waals surface area contributed by atoms with E-state index >= 15 is 0 Å². The first-order chi connectivity index (χ1) is 10.9. The van der Waals surface area contributed by atoms with Crippen LogP contribution in [-0.4, -0.2) is 29.4 Å². The lowest BCUT2D eigenvalue weighted by Crippen LogP contribution is -2.45. The Morgan fingerprint density at radius 1 is 1.26 bits per heavy atom. The fraction of sp³-hybridized carbons (Fsp3) is 0.500. The first-order valence-electron chi connectivity index (χ1n) is 7.63. The summed E-state index contributed by atoms with van der Waals surface area (Å²) in [6.07, 6.45) is 2.06. The number of nitro benzene ring substituents is 1. The van der Waals surface area contributed by atoms with E-state index in [2.05, 4.69) is 0 Å². The van der Waals surface area contributed by atoms with Crippen molar-refractivity contribution in [3.63, 3.8) is 0 Å². The number of unbranched alkanes of at least 4 members (excludes halogenated alkanes) is 1. The van der Waals surface area contributed by atoms with Crippen LogP contribution in [0.3, 0.4) is 0 Å². The van der Waals surface area contributed by atoms with E-state index in [-0.39, 0.29) is 11.6 Å². The van der Waals surface area contributed by atoms with Crippen LogP contribution in [-0.2, 0) is 14.3 Å². The molecule has 0 radical (unpaired) electrons. The predicted octanol–water partition coefficient (Wildman–Crippen LogP) is 3.07. The van der Waals surface area contributed by atoms with Crippen molar-refractivity contribution in [2.75, 3.05) is 11.5 Å². The molecule has 7 nitrogen and oxygen atoms in total. The number of hydrogen-bond donors (Lipinski definition) is 0. The van der Waals surface area contributed by atoms with Crippen molar-refractivity contribution in [1.82, 2.24) is 0 Å². The summed E-state index contributed by atoms with van der Waals surface area (Å²) in [5, 5.41) is 10.7. The van der Waals surface area contributed by atoms with Gasteiger partial charge in [0.15, 0.2) is 0 Å². The van der Waals surface area contributed by atoms with Crippen molar-refractivity contribution in [3.05, 3.63) is 34.4 Å². The van der Waals surface area contributed by atoms with E-state index in [1.54, 1.807) is 6.92 Å². The molecule has 0 aliphatic rings. The van der Waals surface area contributed by atoms with Gasteiger partial charge in [0.1, 0.15) is 6.04 Å². The third-order valence-corrected chi connectivity index (χ3v) is 3.39. The van der Waals surface area contributed by atoms with E-state index in [4.69, 9.17) is 4.74 Å². The maximum atomic E-state index is 12.2. The minimum atomic E-state index is -0.745. The Kier molecular flexibility index (Phi) is 7.18. The van der Waals surface area contributed by atoms with Crippen molar-refractivity contribution >= 4 is 23.3 Å². The van der Waals surface area contributed by atoms with Gasteiger partial charge in [-0.05, 0) is 25.0 Å². The zero-order valence-electron chi connectivity index (χ0n) is 13.7. The van der Waals surface area contributed by atoms with Gasteiger partial charge in [0.2, 0.25) is 5.91 Å². The van der Waals surface area contributed by atoms with Crippen LogP contribution in [0, 0.1) is 10.1 Å². The second kappa shape index (κ2) is 8.87. The van der Waals surface area contributed by atoms with Crippen LogP contribution in [0.15, 0.2) is 24.3 Å². The summed E-state index contributed by atoms with van der Waals surface area (Å²) in [6, 6.07) is 4.79. The number of anilines is 1. The number of carbonyl (C=O) groups excluding carboxylic acids is 2. The fourth-order valence-corrected chi connectivity index (χ4v) is 2.18. The van der Waals surface area contributed by atoms with Crippen LogP contribution < -0.4 is 4.90 Å². The number of hydrogen-bond acceptors (Lipinski definition) is 5. The van der Waals surface area contributed by atoms with Crippen molar-refractivity contribution in [3.8, 4) is 0 Å². The zero-order chi connectivity index (χ0) is 17.4. The van der Waals surface area contributed by atoms with Gasteiger partial charge in [0.05, 0.1) is 11.5 Å². The lowest BCUT2D eigenvalue weighted by atomic mass is 10.1. The normalized spacial score (nSPS) is 11.6. The molecule has 126 valence electrons. The second-order valence-electron chi connectivity index (χ2n) is 5.11. The van der Waals surface area contributed by atoms with Crippen LogP contribution in [0.25, 0.3) is 0 Å². The lowest BCUT2D eigenvalue weighted by Gasteiger charge is -2.28. The monoisotopic (exact) mass is 322 g/mol. The maximum Gasteiger partial charge on any atom is 0.329 e. The molecular formula is C16H22N2O5. The summed E-state index contributed by atoms with van der Waals surface area (Å²) in [7, 11) is 0. The topological polar surface area (TPSA) is 89.8 Å². The number of amides is 1. The van der Waals surface area contributed by atoms with Gasteiger partial charge in [0, 0.05) is 24.7 Å². The largest absolute Gasteiger partial charge is 0.464 e. The van der Waals surface area contributed by atoms with E-state index in [1.807, 2.05) is 6.92 Å². The standard InChI is InChI=1S/C16H22N2O5/c1-4-6-11-23-16(20)15(5-2)17(12(3)19)13-7-9-14(10-8-13)18(21)22/h7-10,15H,4-6,11H2,1-3H3. The minimum Gasteiger partial charge on any atom is -0.464 e. The third kappa shape index (κ3) is 5.05. The van der Waals surface area contributed by atoms with Gasteiger partial charge in [0.25, 0.3) is 5.69 Å². The SMILES string of the molecule is CCCCOC(=O)C(CC)N(C(C)=O)c1ccc([N+](=O)[O-])cc1. The molecule has 0 aromatic heterocycles. The highest BCUT2D eigenvalue weighted by atomic mass is 16.6. The van der Waals surface area contributed by atoms with E-state index in [0.717, 1.165) is 12.8 Å². The van der Waals surface area contributed by atoms with Gasteiger partial charge in [-0.25, -0.2) is 4.79 Å². The number of carbonyl (C=O) groups is 2. The molecule has 0 spiro atoms. The molecule has 0 fully saturated rings. The Morgan fingerprint density at radius 3 is 2.30 bits per heavy atom. The number of non-ortho nitro benzene ring substituents is 1. The number of nitro groups is 1. The molecule has 1 unspecified atom stereocenters. The molecule has 1 amide bonds. The number of esters is 1. The fourth-order valence-electron chi connectivity index (χ4n) is 2.18. The summed E-state index contributed by atoms with van der Waals surface area (Å²) in [4.78, 5) is 35.7. The van der Waals surface area contributed by atoms with Crippen LogP contribution in [0.1, 0.15) is 40.0 Å². The first-order valence-corrected chi connectivity index (χ1v) is 7.63. The molecular weight excluding hydrogens is 300 g/mol. The number of nitrogens with zero attached hydrogens (tertiary/aromatic N) is 2. The van der Waals surface area contributed by atoms with E-state index in [1.165, 1.54) is 36.1 Å². The van der Waals surface area contributed by atoms with Crippen molar-refractivity contribution in [2.45, 2.75) is 46.1 Å². The van der Waals surface area contributed by atoms with Gasteiger partial charge in [-0.2, -0.15) is 0 Å². The van der Waals surface area contributed by atoms with Crippen molar-refractivity contribution in [1.29, 1.82) is 0 Å². The molecule has 7 heteroatoms. The molecule has 1 atom stereocenters. The molecule has 1 aromatic carbocycles. The summed E-state index contributed by atoms with van der Waals surface area (Å²) in [5.74, 6) is -0.785. The molecule has 1 aromatic rings. The summed E-state index contributed by atoms with van der Waals surface area (Å²) in [6.45, 7) is 5.44. The van der Waals surface area contributed by atoms with E-state index < -0.39 is 16.9 Å². The highest BCUT2D eigenvalue weighted by molar-refractivity contribution is 5.98. The van der Waals surface area contributed by atoms with Crippen molar-refractivity contribution in [2.24, 2.45) is 0 Å². The van der Waals surface area contributed by atoms with Crippen LogP contribution >= 0.6 is 0 Å². The molecule has 0 aliphatic heterocycles. The lowest BCUT2D eigenvalue weighted by molar-refractivity contribution is -0.384. The highest BCUT2D eigenvalue weighted by Crippen LogP contribution is 2.23. The van der Waals surface area contributed by atoms with Gasteiger partial charge in [-0.15, -0.1) is 0 Å². The van der Waals surface area contributed by atoms with Crippen LogP contribution in [0.2, 0.25) is 0 Å². The van der Waals surface area contributed by atoms with Gasteiger partial charge >= 0.3 is 5.97 Å². The molecule has 0 saturated carbocycles. The maximum absolute atomic E-state index is 12.2. The van der Waals surface area contributed by atoms with Gasteiger partial charge in [-0.1, -0.05) is 20.3 Å². The Morgan fingerprint density at radius 2 is 1.87 bits per heavy atom. The van der Waals surface area contributed by atoms with E-state index in [9.17, 15) is 19.7 Å². The molecule has 0 bridgehead atoms. The second-order valence-corrected chi connectivity index (χ2v) is 5.11. The Labute approximate surface area is 135 Å². The summed E-state index contributed by atoms with van der Waals surface area (Å²) < 4.78 is 5.21. The smallest absolute Gasteiger partial charge is 0.329 e. The van der Waals surface area contributed by atoms with Crippen LogP contribution in [0.5, 0.6) is 0 Å². The summed E-state index contributed by atoms with van der Waals surface area (Å²) >= 11 is 0. The molecule has 0 N–H and O–H groups in total. The summed E-state index contributed by atoms with van der Waals surface area (Å²) in [5.41, 5.74) is 0.359. The average Bonchev–Trinajstić information content (AvgIpc) is 2.52. The van der Waals surface area contributed by atoms with Gasteiger partial charge in [-0.3, -0.25) is 19.8 Å². The third-order valence-electron chi connectivity index (χ3n) is 3.39. The average molecular weight is 322 g/mol. The van der Waals surface area contributed by atoms with Gasteiger partial charge < -0.3 is 4.74 Å². The Hall–Kier alpha value is -2.44. The number of ether oxygens (including phenoxy) is 1. The predicted molar refractivity (Wildman–Crippen MR) is 86.2 cm³/mol. The Balaban J connectivity index is 3.00. The van der Waals surface area contributed by atoms with Crippen molar-refractivity contribution < 1.29 is 19.2 Å².